The van der Waals surface area contributed by atoms with Crippen LogP contribution in [0.5, 0.6) is 0 Å². The van der Waals surface area contributed by atoms with E-state index in [1.165, 1.54) is 0 Å². The summed E-state index contributed by atoms with van der Waals surface area (Å²) < 4.78 is 53.1. The molecule has 0 saturated carbocycles. The first-order chi connectivity index (χ1) is 7.95. The Kier molecular flexibility index (Phi) is 2.80. The molecule has 0 radical (unpaired) electrons. The second-order valence-electron chi connectivity index (χ2n) is 3.39. The monoisotopic (exact) mass is 244 g/mol. The van der Waals surface area contributed by atoms with Crippen molar-refractivity contribution in [1.29, 1.82) is 0 Å². The Morgan fingerprint density at radius 3 is 2.12 bits per heavy atom. The van der Waals surface area contributed by atoms with Crippen LogP contribution in [-0.2, 0) is 0 Å². The quantitative estimate of drug-likeness (QED) is 0.447. The zero-order chi connectivity index (χ0) is 12.7. The smallest absolute Gasteiger partial charge is 0.423 e. The highest BCUT2D eigenvalue weighted by Gasteiger charge is 2.28. The number of halogens is 4. The molecule has 0 aromatic heterocycles. The third-order valence-electron chi connectivity index (χ3n) is 2.40. The fourth-order valence-corrected chi connectivity index (χ4v) is 1.67. The topological polar surface area (TPSA) is 40.5 Å². The maximum atomic E-state index is 13.3. The van der Waals surface area contributed by atoms with Gasteiger partial charge >= 0.3 is 7.12 Å². The van der Waals surface area contributed by atoms with E-state index in [2.05, 4.69) is 0 Å². The zero-order valence-electron chi connectivity index (χ0n) is 8.22. The largest absolute Gasteiger partial charge is 0.492 e. The summed E-state index contributed by atoms with van der Waals surface area (Å²) in [5, 5.41) is 16.6. The molecule has 0 spiro atoms. The molecule has 0 aliphatic rings. The van der Waals surface area contributed by atoms with Crippen LogP contribution in [0.4, 0.5) is 17.6 Å². The fourth-order valence-electron chi connectivity index (χ4n) is 1.67. The molecule has 88 valence electrons. The predicted molar refractivity (Wildman–Crippen MR) is 53.6 cm³/mol. The molecule has 0 atom stereocenters. The molecule has 2 nitrogen and oxygen atoms in total. The molecule has 0 heterocycles. The number of hydrogen-bond acceptors (Lipinski definition) is 2. The summed E-state index contributed by atoms with van der Waals surface area (Å²) in [6.45, 7) is 0. The molecule has 2 aromatic carbocycles. The second-order valence-corrected chi connectivity index (χ2v) is 3.39. The summed E-state index contributed by atoms with van der Waals surface area (Å²) in [5.74, 6) is -6.48. The van der Waals surface area contributed by atoms with Crippen molar-refractivity contribution >= 4 is 23.4 Å². The first-order valence-corrected chi connectivity index (χ1v) is 4.56. The number of hydrogen-bond donors (Lipinski definition) is 2. The lowest BCUT2D eigenvalue weighted by atomic mass is 9.76. The van der Waals surface area contributed by atoms with E-state index in [1.807, 2.05) is 0 Å². The standard InChI is InChI=1S/C10H5BF4O2/c12-5-3-1-2-4-6(5)8(13)10(15)9(14)7(4)11(16)17/h1-3,16-17H. The molecule has 7 heteroatoms. The summed E-state index contributed by atoms with van der Waals surface area (Å²) >= 11 is 0. The molecule has 0 unspecified atom stereocenters. The van der Waals surface area contributed by atoms with Gasteiger partial charge in [0.25, 0.3) is 0 Å². The van der Waals surface area contributed by atoms with Gasteiger partial charge in [0.15, 0.2) is 17.5 Å². The van der Waals surface area contributed by atoms with Gasteiger partial charge in [0.1, 0.15) is 5.82 Å². The Morgan fingerprint density at radius 1 is 0.882 bits per heavy atom. The molecule has 0 saturated heterocycles. The number of fused-ring (bicyclic) bond motifs is 1. The van der Waals surface area contributed by atoms with Crippen molar-refractivity contribution in [2.75, 3.05) is 0 Å². The van der Waals surface area contributed by atoms with Crippen LogP contribution in [0.15, 0.2) is 18.2 Å². The average molecular weight is 244 g/mol. The van der Waals surface area contributed by atoms with E-state index in [4.69, 9.17) is 10.0 Å². The lowest BCUT2D eigenvalue weighted by Crippen LogP contribution is -2.35. The summed E-state index contributed by atoms with van der Waals surface area (Å²) in [7, 11) is -2.37. The van der Waals surface area contributed by atoms with E-state index in [0.717, 1.165) is 18.2 Å². The van der Waals surface area contributed by atoms with Crippen LogP contribution in [0.1, 0.15) is 0 Å². The molecular formula is C10H5BF4O2. The van der Waals surface area contributed by atoms with Gasteiger partial charge in [0.05, 0.1) is 5.39 Å². The van der Waals surface area contributed by atoms with Gasteiger partial charge in [-0.1, -0.05) is 12.1 Å². The highest BCUT2D eigenvalue weighted by atomic mass is 19.2. The van der Waals surface area contributed by atoms with Gasteiger partial charge in [0, 0.05) is 5.46 Å². The number of benzene rings is 2. The zero-order valence-corrected chi connectivity index (χ0v) is 8.22. The Balaban J connectivity index is 3.04. The molecular weight excluding hydrogens is 239 g/mol. The van der Waals surface area contributed by atoms with Crippen molar-refractivity contribution in [3.05, 3.63) is 41.5 Å². The lowest BCUT2D eigenvalue weighted by Gasteiger charge is -2.10. The molecule has 0 bridgehead atoms. The van der Waals surface area contributed by atoms with E-state index in [0.29, 0.717) is 0 Å². The summed E-state index contributed by atoms with van der Waals surface area (Å²) in [6, 6.07) is 3.05. The highest BCUT2D eigenvalue weighted by Crippen LogP contribution is 2.24. The van der Waals surface area contributed by atoms with Gasteiger partial charge in [-0.3, -0.25) is 0 Å². The summed E-state index contributed by atoms with van der Waals surface area (Å²) in [4.78, 5) is 0. The lowest BCUT2D eigenvalue weighted by molar-refractivity contribution is 0.416. The molecule has 0 aliphatic carbocycles. The van der Waals surface area contributed by atoms with Gasteiger partial charge < -0.3 is 10.0 Å². The normalized spacial score (nSPS) is 10.9. The van der Waals surface area contributed by atoms with E-state index in [1.54, 1.807) is 0 Å². The van der Waals surface area contributed by atoms with Gasteiger partial charge in [-0.25, -0.2) is 17.6 Å². The van der Waals surface area contributed by atoms with E-state index >= 15 is 0 Å². The van der Waals surface area contributed by atoms with Crippen LogP contribution in [0.3, 0.4) is 0 Å². The predicted octanol–water partition coefficient (Wildman–Crippen LogP) is 1.08. The molecule has 2 aromatic rings. The third-order valence-corrected chi connectivity index (χ3v) is 2.40. The minimum atomic E-state index is -2.37. The van der Waals surface area contributed by atoms with Crippen molar-refractivity contribution in [1.82, 2.24) is 0 Å². The van der Waals surface area contributed by atoms with E-state index in [9.17, 15) is 17.6 Å². The van der Waals surface area contributed by atoms with Crippen LogP contribution in [0.25, 0.3) is 10.8 Å². The van der Waals surface area contributed by atoms with E-state index < -0.39 is 46.6 Å². The molecule has 2 N–H and O–H groups in total. The van der Waals surface area contributed by atoms with E-state index in [-0.39, 0.29) is 0 Å². The SMILES string of the molecule is OB(O)c1c(F)c(F)c(F)c2c(F)cccc12. The molecule has 2 rings (SSSR count). The molecule has 0 aliphatic heterocycles. The first-order valence-electron chi connectivity index (χ1n) is 4.56. The minimum Gasteiger partial charge on any atom is -0.423 e. The Bertz CT molecular complexity index is 601. The van der Waals surface area contributed by atoms with Crippen molar-refractivity contribution in [2.24, 2.45) is 0 Å². The Morgan fingerprint density at radius 2 is 1.53 bits per heavy atom. The highest BCUT2D eigenvalue weighted by molar-refractivity contribution is 6.62. The van der Waals surface area contributed by atoms with Crippen LogP contribution in [-0.4, -0.2) is 17.2 Å². The van der Waals surface area contributed by atoms with Crippen LogP contribution < -0.4 is 5.46 Å². The van der Waals surface area contributed by atoms with Gasteiger partial charge in [-0.2, -0.15) is 0 Å². The fraction of sp³-hybridized carbons (Fsp3) is 0. The maximum absolute atomic E-state index is 13.3. The van der Waals surface area contributed by atoms with Crippen molar-refractivity contribution in [2.45, 2.75) is 0 Å². The summed E-state index contributed by atoms with van der Waals surface area (Å²) in [5.41, 5.74) is -0.890. The van der Waals surface area contributed by atoms with Crippen LogP contribution in [0.2, 0.25) is 0 Å². The average Bonchev–Trinajstić information content (AvgIpc) is 2.25. The summed E-state index contributed by atoms with van der Waals surface area (Å²) in [6.07, 6.45) is 0. The number of rotatable bonds is 1. The van der Waals surface area contributed by atoms with Gasteiger partial charge in [-0.05, 0) is 11.5 Å². The minimum absolute atomic E-state index is 0.420. The maximum Gasteiger partial charge on any atom is 0.492 e. The molecule has 0 amide bonds. The van der Waals surface area contributed by atoms with Crippen LogP contribution >= 0.6 is 0 Å². The second kappa shape index (κ2) is 4.01. The van der Waals surface area contributed by atoms with Crippen molar-refractivity contribution < 1.29 is 27.6 Å². The van der Waals surface area contributed by atoms with Gasteiger partial charge in [0.2, 0.25) is 0 Å². The molecule has 0 fully saturated rings. The first kappa shape index (κ1) is 11.9. The van der Waals surface area contributed by atoms with Gasteiger partial charge in [-0.15, -0.1) is 0 Å². The van der Waals surface area contributed by atoms with Crippen molar-refractivity contribution in [3.63, 3.8) is 0 Å². The van der Waals surface area contributed by atoms with Crippen molar-refractivity contribution in [3.8, 4) is 0 Å². The molecule has 17 heavy (non-hydrogen) atoms. The Hall–Kier alpha value is -1.60. The van der Waals surface area contributed by atoms with Crippen LogP contribution in [0, 0.1) is 23.3 Å². The Labute approximate surface area is 93.3 Å². The third kappa shape index (κ3) is 1.67.